The summed E-state index contributed by atoms with van der Waals surface area (Å²) in [5.41, 5.74) is 3.41. The van der Waals surface area contributed by atoms with Gasteiger partial charge in [0.2, 0.25) is 5.91 Å². The molecule has 1 aliphatic carbocycles. The van der Waals surface area contributed by atoms with Crippen LogP contribution in [0, 0.1) is 12.8 Å². The zero-order chi connectivity index (χ0) is 13.0. The number of anilines is 1. The molecule has 0 N–H and O–H groups in total. The van der Waals surface area contributed by atoms with E-state index in [-0.39, 0.29) is 11.8 Å². The van der Waals surface area contributed by atoms with Crippen molar-refractivity contribution in [2.75, 3.05) is 11.4 Å². The van der Waals surface area contributed by atoms with Gasteiger partial charge in [-0.05, 0) is 43.4 Å². The number of fused-ring (bicyclic) bond motifs is 2. The third-order valence-electron chi connectivity index (χ3n) is 4.16. The fraction of sp³-hybridized carbons (Fsp3) is 0.375. The molecule has 1 aromatic carbocycles. The van der Waals surface area contributed by atoms with E-state index in [1.165, 1.54) is 16.5 Å². The number of carbonyl (C=O) groups is 1. The SMILES string of the molecule is Cc1cccc2cc3c(nc12)N(C(=O)C1CC1)CC3. The Labute approximate surface area is 112 Å². The van der Waals surface area contributed by atoms with Gasteiger partial charge in [0.1, 0.15) is 5.82 Å². The molecule has 2 aliphatic rings. The van der Waals surface area contributed by atoms with Crippen molar-refractivity contribution in [2.24, 2.45) is 5.92 Å². The molecule has 2 aromatic rings. The fourth-order valence-corrected chi connectivity index (χ4v) is 2.90. The predicted molar refractivity (Wildman–Crippen MR) is 75.3 cm³/mol. The number of hydrogen-bond acceptors (Lipinski definition) is 2. The number of rotatable bonds is 1. The Balaban J connectivity index is 1.86. The molecular weight excluding hydrogens is 236 g/mol. The number of benzene rings is 1. The Hall–Kier alpha value is -1.90. The second-order valence-electron chi connectivity index (χ2n) is 5.63. The van der Waals surface area contributed by atoms with Crippen molar-refractivity contribution in [1.29, 1.82) is 0 Å². The van der Waals surface area contributed by atoms with E-state index in [1.54, 1.807) is 0 Å². The standard InChI is InChI=1S/C16H16N2O/c1-10-3-2-4-12-9-13-7-8-18(15(13)17-14(10)12)16(19)11-5-6-11/h2-4,9,11H,5-8H2,1H3. The average Bonchev–Trinajstić information content (AvgIpc) is 3.17. The molecule has 1 aromatic heterocycles. The summed E-state index contributed by atoms with van der Waals surface area (Å²) < 4.78 is 0. The molecular formula is C16H16N2O. The molecule has 3 nitrogen and oxygen atoms in total. The van der Waals surface area contributed by atoms with Gasteiger partial charge in [-0.25, -0.2) is 4.98 Å². The number of aromatic nitrogens is 1. The molecule has 19 heavy (non-hydrogen) atoms. The Bertz CT molecular complexity index is 688. The maximum absolute atomic E-state index is 12.3. The van der Waals surface area contributed by atoms with Crippen molar-refractivity contribution in [3.63, 3.8) is 0 Å². The molecule has 3 heteroatoms. The van der Waals surface area contributed by atoms with Gasteiger partial charge in [0, 0.05) is 17.8 Å². The molecule has 0 bridgehead atoms. The number of amides is 1. The Morgan fingerprint density at radius 2 is 2.21 bits per heavy atom. The maximum Gasteiger partial charge on any atom is 0.231 e. The second-order valence-corrected chi connectivity index (χ2v) is 5.63. The topological polar surface area (TPSA) is 33.2 Å². The summed E-state index contributed by atoms with van der Waals surface area (Å²) in [6.07, 6.45) is 3.04. The first kappa shape index (κ1) is 11.0. The number of nitrogens with zero attached hydrogens (tertiary/aromatic N) is 2. The molecule has 96 valence electrons. The summed E-state index contributed by atoms with van der Waals surface area (Å²) in [4.78, 5) is 19.0. The summed E-state index contributed by atoms with van der Waals surface area (Å²) in [5.74, 6) is 1.44. The van der Waals surface area contributed by atoms with Crippen LogP contribution < -0.4 is 4.90 Å². The first-order valence-corrected chi connectivity index (χ1v) is 6.94. The Morgan fingerprint density at radius 3 is 3.00 bits per heavy atom. The summed E-state index contributed by atoms with van der Waals surface area (Å²) in [6.45, 7) is 2.87. The van der Waals surface area contributed by atoms with Gasteiger partial charge in [-0.2, -0.15) is 0 Å². The zero-order valence-electron chi connectivity index (χ0n) is 11.0. The van der Waals surface area contributed by atoms with Gasteiger partial charge >= 0.3 is 0 Å². The van der Waals surface area contributed by atoms with E-state index in [0.717, 1.165) is 37.1 Å². The average molecular weight is 252 g/mol. The van der Waals surface area contributed by atoms with Crippen molar-refractivity contribution in [3.8, 4) is 0 Å². The highest BCUT2D eigenvalue weighted by atomic mass is 16.2. The van der Waals surface area contributed by atoms with Crippen molar-refractivity contribution < 1.29 is 4.79 Å². The highest BCUT2D eigenvalue weighted by molar-refractivity contribution is 5.99. The molecule has 1 saturated carbocycles. The lowest BCUT2D eigenvalue weighted by atomic mass is 10.1. The number of carbonyl (C=O) groups excluding carboxylic acids is 1. The monoisotopic (exact) mass is 252 g/mol. The van der Waals surface area contributed by atoms with E-state index in [9.17, 15) is 4.79 Å². The van der Waals surface area contributed by atoms with Crippen LogP contribution in [0.25, 0.3) is 10.9 Å². The lowest BCUT2D eigenvalue weighted by molar-refractivity contribution is -0.119. The van der Waals surface area contributed by atoms with Crippen LogP contribution in [0.15, 0.2) is 24.3 Å². The van der Waals surface area contributed by atoms with Gasteiger partial charge in [0.15, 0.2) is 0 Å². The largest absolute Gasteiger partial charge is 0.296 e. The number of para-hydroxylation sites is 1. The van der Waals surface area contributed by atoms with Gasteiger partial charge in [0.05, 0.1) is 5.52 Å². The minimum Gasteiger partial charge on any atom is -0.296 e. The van der Waals surface area contributed by atoms with Crippen LogP contribution in [0.4, 0.5) is 5.82 Å². The molecule has 1 fully saturated rings. The molecule has 0 spiro atoms. The molecule has 0 saturated heterocycles. The zero-order valence-corrected chi connectivity index (χ0v) is 11.0. The van der Waals surface area contributed by atoms with Crippen LogP contribution in [0.5, 0.6) is 0 Å². The molecule has 0 atom stereocenters. The molecule has 0 unspecified atom stereocenters. The van der Waals surface area contributed by atoms with Crippen molar-refractivity contribution >= 4 is 22.6 Å². The summed E-state index contributed by atoms with van der Waals surface area (Å²) in [6, 6.07) is 8.43. The van der Waals surface area contributed by atoms with Gasteiger partial charge in [-0.1, -0.05) is 18.2 Å². The highest BCUT2D eigenvalue weighted by Crippen LogP contribution is 2.36. The molecule has 1 aliphatic heterocycles. The number of hydrogen-bond donors (Lipinski definition) is 0. The quantitative estimate of drug-likeness (QED) is 0.782. The highest BCUT2D eigenvalue weighted by Gasteiger charge is 2.37. The van der Waals surface area contributed by atoms with Gasteiger partial charge in [-0.15, -0.1) is 0 Å². The van der Waals surface area contributed by atoms with E-state index < -0.39 is 0 Å². The van der Waals surface area contributed by atoms with Gasteiger partial charge < -0.3 is 0 Å². The van der Waals surface area contributed by atoms with E-state index in [1.807, 2.05) is 4.90 Å². The van der Waals surface area contributed by atoms with E-state index in [0.29, 0.717) is 0 Å². The fourth-order valence-electron chi connectivity index (χ4n) is 2.90. The minimum absolute atomic E-state index is 0.264. The molecule has 1 amide bonds. The first-order chi connectivity index (χ1) is 9.24. The van der Waals surface area contributed by atoms with Crippen molar-refractivity contribution in [3.05, 3.63) is 35.4 Å². The van der Waals surface area contributed by atoms with Gasteiger partial charge in [-0.3, -0.25) is 9.69 Å². The van der Waals surface area contributed by atoms with Crippen molar-refractivity contribution in [2.45, 2.75) is 26.2 Å². The molecule has 2 heterocycles. The predicted octanol–water partition coefficient (Wildman–Crippen LogP) is 2.84. The third kappa shape index (κ3) is 1.65. The third-order valence-corrected chi connectivity index (χ3v) is 4.16. The van der Waals surface area contributed by atoms with E-state index >= 15 is 0 Å². The van der Waals surface area contributed by atoms with Gasteiger partial charge in [0.25, 0.3) is 0 Å². The summed E-state index contributed by atoms with van der Waals surface area (Å²) in [5, 5.41) is 1.18. The Morgan fingerprint density at radius 1 is 1.37 bits per heavy atom. The van der Waals surface area contributed by atoms with Crippen LogP contribution in [-0.4, -0.2) is 17.4 Å². The van der Waals surface area contributed by atoms with Crippen molar-refractivity contribution in [1.82, 2.24) is 4.98 Å². The van der Waals surface area contributed by atoms with Crippen LogP contribution >= 0.6 is 0 Å². The van der Waals surface area contributed by atoms with E-state index in [4.69, 9.17) is 4.98 Å². The summed E-state index contributed by atoms with van der Waals surface area (Å²) >= 11 is 0. The van der Waals surface area contributed by atoms with Crippen LogP contribution in [-0.2, 0) is 11.2 Å². The smallest absolute Gasteiger partial charge is 0.231 e. The lowest BCUT2D eigenvalue weighted by Gasteiger charge is -2.16. The summed E-state index contributed by atoms with van der Waals surface area (Å²) in [7, 11) is 0. The minimum atomic E-state index is 0.264. The number of pyridine rings is 1. The van der Waals surface area contributed by atoms with Crippen LogP contribution in [0.3, 0.4) is 0 Å². The first-order valence-electron chi connectivity index (χ1n) is 6.94. The second kappa shape index (κ2) is 3.80. The number of aryl methyl sites for hydroxylation is 1. The normalized spacial score (nSPS) is 17.8. The van der Waals surface area contributed by atoms with Crippen LogP contribution in [0.2, 0.25) is 0 Å². The van der Waals surface area contributed by atoms with E-state index in [2.05, 4.69) is 31.2 Å². The molecule has 4 rings (SSSR count). The lowest BCUT2D eigenvalue weighted by Crippen LogP contribution is -2.30. The Kier molecular flexibility index (Phi) is 2.19. The van der Waals surface area contributed by atoms with Crippen LogP contribution in [0.1, 0.15) is 24.0 Å². The molecule has 0 radical (unpaired) electrons. The maximum atomic E-state index is 12.3.